The Balaban J connectivity index is 1.94. The molecular formula is C23H32N4O3. The van der Waals surface area contributed by atoms with Crippen molar-refractivity contribution in [2.45, 2.75) is 13.0 Å². The lowest BCUT2D eigenvalue weighted by atomic mass is 10.1. The van der Waals surface area contributed by atoms with Crippen LogP contribution in [-0.4, -0.2) is 64.6 Å². The molecule has 2 amide bonds. The first-order valence-corrected chi connectivity index (χ1v) is 10.0. The largest absolute Gasteiger partial charge is 0.377 e. The van der Waals surface area contributed by atoms with Gasteiger partial charge in [-0.2, -0.15) is 0 Å². The lowest BCUT2D eigenvalue weighted by Crippen LogP contribution is -2.29. The second-order valence-electron chi connectivity index (χ2n) is 7.57. The maximum atomic E-state index is 12.7. The molecular weight excluding hydrogens is 380 g/mol. The molecule has 0 bridgehead atoms. The first-order valence-electron chi connectivity index (χ1n) is 10.0. The van der Waals surface area contributed by atoms with E-state index in [1.807, 2.05) is 69.5 Å². The Morgan fingerprint density at radius 3 is 2.40 bits per heavy atom. The number of benzene rings is 2. The predicted molar refractivity (Wildman–Crippen MR) is 121 cm³/mol. The summed E-state index contributed by atoms with van der Waals surface area (Å²) >= 11 is 0. The number of rotatable bonds is 11. The molecule has 30 heavy (non-hydrogen) atoms. The van der Waals surface area contributed by atoms with E-state index < -0.39 is 0 Å². The fourth-order valence-corrected chi connectivity index (χ4v) is 2.91. The van der Waals surface area contributed by atoms with E-state index in [1.165, 1.54) is 0 Å². The van der Waals surface area contributed by atoms with Crippen LogP contribution in [0.25, 0.3) is 0 Å². The van der Waals surface area contributed by atoms with Crippen LogP contribution in [0.2, 0.25) is 0 Å². The van der Waals surface area contributed by atoms with Gasteiger partial charge in [-0.1, -0.05) is 30.3 Å². The number of ether oxygens (including phenoxy) is 1. The molecule has 0 radical (unpaired) electrons. The highest BCUT2D eigenvalue weighted by atomic mass is 16.5. The van der Waals surface area contributed by atoms with Crippen LogP contribution in [0.1, 0.15) is 22.3 Å². The molecule has 2 rings (SSSR count). The standard InChI is InChI=1S/C23H32N4O3/c1-26(2)14-8-13-24-23(29)20-15-19(11-12-21(20)27(3)4)25-22(28)17-30-16-18-9-6-5-7-10-18/h5-7,9-12,15H,8,13-14,16-17H2,1-4H3,(H,24,29)(H,25,28). The molecule has 0 unspecified atom stereocenters. The second-order valence-corrected chi connectivity index (χ2v) is 7.57. The molecule has 2 aromatic rings. The van der Waals surface area contributed by atoms with Gasteiger partial charge in [-0.15, -0.1) is 0 Å². The van der Waals surface area contributed by atoms with Crippen LogP contribution in [0, 0.1) is 0 Å². The maximum absolute atomic E-state index is 12.7. The molecule has 7 heteroatoms. The van der Waals surface area contributed by atoms with E-state index in [0.29, 0.717) is 24.4 Å². The quantitative estimate of drug-likeness (QED) is 0.555. The lowest BCUT2D eigenvalue weighted by molar-refractivity contribution is -0.121. The Kier molecular flexibility index (Phi) is 9.31. The third kappa shape index (κ3) is 7.85. The number of carbonyl (C=O) groups is 2. The molecule has 0 atom stereocenters. The maximum Gasteiger partial charge on any atom is 0.253 e. The summed E-state index contributed by atoms with van der Waals surface area (Å²) in [6.07, 6.45) is 0.866. The van der Waals surface area contributed by atoms with Crippen LogP contribution in [0.3, 0.4) is 0 Å². The highest BCUT2D eigenvalue weighted by molar-refractivity contribution is 6.02. The molecule has 7 nitrogen and oxygen atoms in total. The molecule has 0 aliphatic rings. The number of anilines is 2. The first kappa shape index (κ1) is 23.4. The van der Waals surface area contributed by atoms with Crippen molar-refractivity contribution in [1.82, 2.24) is 10.2 Å². The SMILES string of the molecule is CN(C)CCCNC(=O)c1cc(NC(=O)COCc2ccccc2)ccc1N(C)C. The highest BCUT2D eigenvalue weighted by Gasteiger charge is 2.15. The number of amides is 2. The van der Waals surface area contributed by atoms with Crippen molar-refractivity contribution in [2.75, 3.05) is 58.1 Å². The number of carbonyl (C=O) groups excluding carboxylic acids is 2. The number of nitrogens with one attached hydrogen (secondary N) is 2. The molecule has 0 saturated carbocycles. The average Bonchev–Trinajstić information content (AvgIpc) is 2.71. The fraction of sp³-hybridized carbons (Fsp3) is 0.391. The van der Waals surface area contributed by atoms with Crippen LogP contribution in [0.5, 0.6) is 0 Å². The molecule has 0 saturated heterocycles. The zero-order chi connectivity index (χ0) is 21.9. The Morgan fingerprint density at radius 2 is 1.73 bits per heavy atom. The molecule has 2 aromatic carbocycles. The highest BCUT2D eigenvalue weighted by Crippen LogP contribution is 2.23. The minimum absolute atomic E-state index is 0.0591. The Morgan fingerprint density at radius 1 is 1.00 bits per heavy atom. The normalized spacial score (nSPS) is 10.7. The summed E-state index contributed by atoms with van der Waals surface area (Å²) in [6, 6.07) is 15.0. The zero-order valence-electron chi connectivity index (χ0n) is 18.3. The number of hydrogen-bond donors (Lipinski definition) is 2. The molecule has 0 aliphatic carbocycles. The van der Waals surface area contributed by atoms with Crippen LogP contribution >= 0.6 is 0 Å². The molecule has 2 N–H and O–H groups in total. The molecule has 162 valence electrons. The van der Waals surface area contributed by atoms with Gasteiger partial charge in [0, 0.05) is 32.0 Å². The van der Waals surface area contributed by atoms with E-state index in [2.05, 4.69) is 15.5 Å². The number of nitrogens with zero attached hydrogens (tertiary/aromatic N) is 2. The average molecular weight is 413 g/mol. The van der Waals surface area contributed by atoms with Gasteiger partial charge < -0.3 is 25.2 Å². The Bertz CT molecular complexity index is 822. The summed E-state index contributed by atoms with van der Waals surface area (Å²) in [7, 11) is 7.77. The van der Waals surface area contributed by atoms with Crippen LogP contribution < -0.4 is 15.5 Å². The van der Waals surface area contributed by atoms with Crippen molar-refractivity contribution in [3.63, 3.8) is 0 Å². The third-order valence-electron chi connectivity index (χ3n) is 4.42. The predicted octanol–water partition coefficient (Wildman–Crippen LogP) is 2.59. The van der Waals surface area contributed by atoms with Gasteiger partial charge in [0.2, 0.25) is 5.91 Å². The summed E-state index contributed by atoms with van der Waals surface area (Å²) in [4.78, 5) is 28.9. The number of hydrogen-bond acceptors (Lipinski definition) is 5. The van der Waals surface area contributed by atoms with E-state index in [1.54, 1.807) is 12.1 Å². The van der Waals surface area contributed by atoms with E-state index in [9.17, 15) is 9.59 Å². The van der Waals surface area contributed by atoms with Crippen molar-refractivity contribution in [3.8, 4) is 0 Å². The topological polar surface area (TPSA) is 73.9 Å². The monoisotopic (exact) mass is 412 g/mol. The summed E-state index contributed by atoms with van der Waals surface area (Å²) < 4.78 is 5.47. The summed E-state index contributed by atoms with van der Waals surface area (Å²) in [6.45, 7) is 1.80. The lowest BCUT2D eigenvalue weighted by Gasteiger charge is -2.19. The van der Waals surface area contributed by atoms with Crippen molar-refractivity contribution >= 4 is 23.2 Å². The van der Waals surface area contributed by atoms with Crippen molar-refractivity contribution in [3.05, 3.63) is 59.7 Å². The van der Waals surface area contributed by atoms with Gasteiger partial charge in [-0.25, -0.2) is 0 Å². The second kappa shape index (κ2) is 11.9. The molecule has 0 aromatic heterocycles. The van der Waals surface area contributed by atoms with Crippen molar-refractivity contribution in [1.29, 1.82) is 0 Å². The summed E-state index contributed by atoms with van der Waals surface area (Å²) in [5, 5.41) is 5.76. The molecule has 0 heterocycles. The first-order chi connectivity index (χ1) is 14.4. The minimum atomic E-state index is -0.263. The van der Waals surface area contributed by atoms with Crippen LogP contribution in [0.15, 0.2) is 48.5 Å². The van der Waals surface area contributed by atoms with Gasteiger partial charge >= 0.3 is 0 Å². The van der Waals surface area contributed by atoms with Crippen molar-refractivity contribution < 1.29 is 14.3 Å². The molecule has 0 spiro atoms. The summed E-state index contributed by atoms with van der Waals surface area (Å²) in [5.41, 5.74) is 2.88. The fourth-order valence-electron chi connectivity index (χ4n) is 2.91. The van der Waals surface area contributed by atoms with E-state index in [-0.39, 0.29) is 18.4 Å². The Labute approximate surface area is 179 Å². The van der Waals surface area contributed by atoms with Gasteiger partial charge in [0.25, 0.3) is 5.91 Å². The molecule has 0 fully saturated rings. The van der Waals surface area contributed by atoms with Gasteiger partial charge in [0.15, 0.2) is 0 Å². The van der Waals surface area contributed by atoms with Gasteiger partial charge in [-0.3, -0.25) is 9.59 Å². The minimum Gasteiger partial charge on any atom is -0.377 e. The van der Waals surface area contributed by atoms with Crippen LogP contribution in [-0.2, 0) is 16.1 Å². The van der Waals surface area contributed by atoms with Crippen LogP contribution in [0.4, 0.5) is 11.4 Å². The zero-order valence-corrected chi connectivity index (χ0v) is 18.3. The van der Waals surface area contributed by atoms with Gasteiger partial charge in [-0.05, 0) is 50.8 Å². The van der Waals surface area contributed by atoms with Crippen molar-refractivity contribution in [2.24, 2.45) is 0 Å². The van der Waals surface area contributed by atoms with E-state index in [4.69, 9.17) is 4.74 Å². The van der Waals surface area contributed by atoms with Gasteiger partial charge in [0.05, 0.1) is 12.2 Å². The van der Waals surface area contributed by atoms with Gasteiger partial charge in [0.1, 0.15) is 6.61 Å². The van der Waals surface area contributed by atoms with E-state index in [0.717, 1.165) is 24.2 Å². The third-order valence-corrected chi connectivity index (χ3v) is 4.42. The molecule has 0 aliphatic heterocycles. The smallest absolute Gasteiger partial charge is 0.253 e. The summed E-state index contributed by atoms with van der Waals surface area (Å²) in [5.74, 6) is -0.422. The Hall–Kier alpha value is -2.90. The van der Waals surface area contributed by atoms with E-state index >= 15 is 0 Å².